The van der Waals surface area contributed by atoms with Crippen LogP contribution in [0.1, 0.15) is 24.0 Å². The zero-order valence-corrected chi connectivity index (χ0v) is 15.2. The third-order valence-corrected chi connectivity index (χ3v) is 4.83. The third-order valence-electron chi connectivity index (χ3n) is 4.34. The van der Waals surface area contributed by atoms with Gasteiger partial charge in [-0.3, -0.25) is 0 Å². The van der Waals surface area contributed by atoms with Crippen molar-refractivity contribution in [2.24, 2.45) is 0 Å². The summed E-state index contributed by atoms with van der Waals surface area (Å²) in [4.78, 5) is 0. The first-order chi connectivity index (χ1) is 11.7. The molecule has 1 heterocycles. The Labute approximate surface area is 147 Å². The minimum Gasteiger partial charge on any atom is -0.508 e. The molecule has 25 heavy (non-hydrogen) atoms. The number of aromatic hydroxyl groups is 1. The zero-order valence-electron chi connectivity index (χ0n) is 14.4. The summed E-state index contributed by atoms with van der Waals surface area (Å²) in [6.45, 7) is 4.79. The minimum atomic E-state index is -3.53. The maximum atomic E-state index is 11.3. The molecular formula is C19H21NO4S. The maximum absolute atomic E-state index is 11.3. The van der Waals surface area contributed by atoms with Gasteiger partial charge in [-0.25, -0.2) is 0 Å². The van der Waals surface area contributed by atoms with Crippen LogP contribution in [-0.4, -0.2) is 24.3 Å². The van der Waals surface area contributed by atoms with Crippen molar-refractivity contribution in [3.8, 4) is 11.5 Å². The average Bonchev–Trinajstić information content (AvgIpc) is 2.90. The summed E-state index contributed by atoms with van der Waals surface area (Å²) >= 11 is 0. The number of fused-ring (bicyclic) bond motifs is 1. The van der Waals surface area contributed by atoms with Crippen molar-refractivity contribution in [3.63, 3.8) is 0 Å². The maximum Gasteiger partial charge on any atom is 0.306 e. The minimum absolute atomic E-state index is 0.217. The molecule has 3 rings (SSSR count). The number of hydrogen-bond donors (Lipinski definition) is 1. The summed E-state index contributed by atoms with van der Waals surface area (Å²) in [7, 11) is -3.53. The van der Waals surface area contributed by atoms with Gasteiger partial charge in [0.25, 0.3) is 0 Å². The second-order valence-electron chi connectivity index (χ2n) is 6.37. The van der Waals surface area contributed by atoms with Crippen LogP contribution in [0.15, 0.2) is 48.7 Å². The zero-order chi connectivity index (χ0) is 18.2. The van der Waals surface area contributed by atoms with E-state index in [-0.39, 0.29) is 5.92 Å². The normalized spacial score (nSPS) is 13.1. The molecule has 0 amide bonds. The molecule has 132 valence electrons. The lowest BCUT2D eigenvalue weighted by atomic mass is 9.95. The van der Waals surface area contributed by atoms with E-state index in [1.807, 2.05) is 37.4 Å². The van der Waals surface area contributed by atoms with Gasteiger partial charge in [0.15, 0.2) is 0 Å². The van der Waals surface area contributed by atoms with E-state index < -0.39 is 10.1 Å². The molecule has 1 N–H and O–H groups in total. The molecule has 0 radical (unpaired) electrons. The Bertz CT molecular complexity index is 1020. The number of nitrogens with zero attached hydrogens (tertiary/aromatic N) is 1. The molecular weight excluding hydrogens is 338 g/mol. The Hall–Kier alpha value is -2.47. The average molecular weight is 359 g/mol. The van der Waals surface area contributed by atoms with Crippen LogP contribution in [-0.2, 0) is 16.7 Å². The Morgan fingerprint density at radius 3 is 2.68 bits per heavy atom. The quantitative estimate of drug-likeness (QED) is 0.704. The van der Waals surface area contributed by atoms with Crippen LogP contribution in [0.2, 0.25) is 0 Å². The highest BCUT2D eigenvalue weighted by atomic mass is 32.2. The molecule has 1 unspecified atom stereocenters. The van der Waals surface area contributed by atoms with Gasteiger partial charge >= 0.3 is 10.1 Å². The molecule has 0 aliphatic rings. The number of phenolic OH excluding ortho intramolecular Hbond substituents is 1. The molecule has 1 aromatic heterocycles. The highest BCUT2D eigenvalue weighted by Crippen LogP contribution is 2.29. The Morgan fingerprint density at radius 1 is 1.20 bits per heavy atom. The van der Waals surface area contributed by atoms with Crippen molar-refractivity contribution in [2.45, 2.75) is 26.3 Å². The molecule has 1 atom stereocenters. The summed E-state index contributed by atoms with van der Waals surface area (Å²) in [6.07, 6.45) is 3.01. The molecule has 0 aliphatic heterocycles. The first-order valence-corrected chi connectivity index (χ1v) is 9.83. The van der Waals surface area contributed by atoms with Gasteiger partial charge in [-0.2, -0.15) is 8.42 Å². The number of rotatable bonds is 5. The lowest BCUT2D eigenvalue weighted by Gasteiger charge is -2.17. The van der Waals surface area contributed by atoms with Crippen LogP contribution in [0.3, 0.4) is 0 Å². The van der Waals surface area contributed by atoms with Gasteiger partial charge in [-0.15, -0.1) is 0 Å². The molecule has 0 fully saturated rings. The third kappa shape index (κ3) is 3.79. The molecule has 0 saturated carbocycles. The summed E-state index contributed by atoms with van der Waals surface area (Å²) in [6, 6.07) is 12.8. The highest BCUT2D eigenvalue weighted by Gasteiger charge is 2.13. The van der Waals surface area contributed by atoms with Crippen molar-refractivity contribution in [3.05, 3.63) is 59.8 Å². The molecule has 3 aromatic rings. The van der Waals surface area contributed by atoms with Crippen LogP contribution < -0.4 is 4.18 Å². The van der Waals surface area contributed by atoms with E-state index in [1.165, 1.54) is 0 Å². The first kappa shape index (κ1) is 17.4. The van der Waals surface area contributed by atoms with E-state index in [0.717, 1.165) is 34.8 Å². The van der Waals surface area contributed by atoms with E-state index in [1.54, 1.807) is 18.2 Å². The summed E-state index contributed by atoms with van der Waals surface area (Å²) in [5, 5.41) is 10.8. The lowest BCUT2D eigenvalue weighted by Crippen LogP contribution is -2.07. The van der Waals surface area contributed by atoms with Crippen LogP contribution in [0.25, 0.3) is 10.9 Å². The van der Waals surface area contributed by atoms with Gasteiger partial charge in [-0.1, -0.05) is 19.1 Å². The van der Waals surface area contributed by atoms with Crippen molar-refractivity contribution in [1.82, 2.24) is 4.57 Å². The molecule has 0 saturated heterocycles. The topological polar surface area (TPSA) is 68.5 Å². The second kappa shape index (κ2) is 6.44. The van der Waals surface area contributed by atoms with Gasteiger partial charge in [0.2, 0.25) is 0 Å². The fourth-order valence-corrected chi connectivity index (χ4v) is 3.59. The predicted octanol–water partition coefficient (Wildman–Crippen LogP) is 3.80. The number of phenols is 1. The summed E-state index contributed by atoms with van der Waals surface area (Å²) < 4.78 is 29.6. The van der Waals surface area contributed by atoms with Crippen LogP contribution in [0.5, 0.6) is 11.5 Å². The number of hydrogen-bond acceptors (Lipinski definition) is 4. The second-order valence-corrected chi connectivity index (χ2v) is 7.94. The fourth-order valence-electron chi connectivity index (χ4n) is 3.13. The van der Waals surface area contributed by atoms with Gasteiger partial charge in [0, 0.05) is 23.6 Å². The SMILES string of the molecule is Cc1c(O)cccc1C(C)Cn1ccc2cc(OS(C)(=O)=O)ccc21. The van der Waals surface area contributed by atoms with Gasteiger partial charge < -0.3 is 13.9 Å². The van der Waals surface area contributed by atoms with Crippen LogP contribution in [0.4, 0.5) is 0 Å². The largest absolute Gasteiger partial charge is 0.508 e. The molecule has 0 spiro atoms. The van der Waals surface area contributed by atoms with E-state index in [9.17, 15) is 13.5 Å². The van der Waals surface area contributed by atoms with Gasteiger partial charge in [0.05, 0.1) is 6.26 Å². The van der Waals surface area contributed by atoms with Crippen molar-refractivity contribution < 1.29 is 17.7 Å². The monoisotopic (exact) mass is 359 g/mol. The van der Waals surface area contributed by atoms with Crippen LogP contribution >= 0.6 is 0 Å². The van der Waals surface area contributed by atoms with E-state index >= 15 is 0 Å². The fraction of sp³-hybridized carbons (Fsp3) is 0.263. The van der Waals surface area contributed by atoms with Crippen molar-refractivity contribution >= 4 is 21.0 Å². The summed E-state index contributed by atoms with van der Waals surface area (Å²) in [5.41, 5.74) is 3.01. The van der Waals surface area contributed by atoms with E-state index in [4.69, 9.17) is 4.18 Å². The number of benzene rings is 2. The van der Waals surface area contributed by atoms with E-state index in [2.05, 4.69) is 11.5 Å². The smallest absolute Gasteiger partial charge is 0.306 e. The van der Waals surface area contributed by atoms with Crippen LogP contribution in [0, 0.1) is 6.92 Å². The summed E-state index contributed by atoms with van der Waals surface area (Å²) in [5.74, 6) is 0.837. The first-order valence-electron chi connectivity index (χ1n) is 8.01. The van der Waals surface area contributed by atoms with Crippen molar-refractivity contribution in [1.29, 1.82) is 0 Å². The lowest BCUT2D eigenvalue weighted by molar-refractivity contribution is 0.468. The molecule has 2 aromatic carbocycles. The molecule has 5 nitrogen and oxygen atoms in total. The Morgan fingerprint density at radius 2 is 1.96 bits per heavy atom. The number of aromatic nitrogens is 1. The highest BCUT2D eigenvalue weighted by molar-refractivity contribution is 7.86. The molecule has 0 bridgehead atoms. The van der Waals surface area contributed by atoms with Crippen molar-refractivity contribution in [2.75, 3.05) is 6.26 Å². The predicted molar refractivity (Wildman–Crippen MR) is 98.7 cm³/mol. The van der Waals surface area contributed by atoms with Gasteiger partial charge in [-0.05, 0) is 54.3 Å². The standard InChI is InChI=1S/C19H21NO4S/c1-13(17-5-4-6-19(21)14(17)2)12-20-10-9-15-11-16(7-8-18(15)20)24-25(3,22)23/h4-11,13,21H,12H2,1-3H3. The van der Waals surface area contributed by atoms with E-state index in [0.29, 0.717) is 11.5 Å². The molecule has 6 heteroatoms. The van der Waals surface area contributed by atoms with Gasteiger partial charge in [0.1, 0.15) is 11.5 Å². The molecule has 0 aliphatic carbocycles. The Kier molecular flexibility index (Phi) is 4.47. The Balaban J connectivity index is 1.88.